The molecule has 106 valence electrons. The Morgan fingerprint density at radius 2 is 2.05 bits per heavy atom. The van der Waals surface area contributed by atoms with Crippen molar-refractivity contribution in [2.24, 2.45) is 0 Å². The summed E-state index contributed by atoms with van der Waals surface area (Å²) in [5.41, 5.74) is 0.530. The van der Waals surface area contributed by atoms with E-state index in [1.165, 1.54) is 0 Å². The molecule has 0 aromatic heterocycles. The van der Waals surface area contributed by atoms with E-state index in [4.69, 9.17) is 4.74 Å². The molecule has 1 aromatic carbocycles. The van der Waals surface area contributed by atoms with Gasteiger partial charge in [-0.2, -0.15) is 0 Å². The van der Waals surface area contributed by atoms with E-state index in [1.807, 2.05) is 6.07 Å². The fraction of sp³-hybridized carbons (Fsp3) is 0.286. The number of carbonyl (C=O) groups is 1. The van der Waals surface area contributed by atoms with Crippen LogP contribution in [-0.2, 0) is 9.53 Å². The molecule has 20 heavy (non-hydrogen) atoms. The molecular weight excluding hydrogens is 260 g/mol. The fourth-order valence-corrected chi connectivity index (χ4v) is 2.14. The molecule has 1 aromatic rings. The molecule has 6 nitrogen and oxygen atoms in total. The van der Waals surface area contributed by atoms with Crippen molar-refractivity contribution in [1.29, 1.82) is 0 Å². The van der Waals surface area contributed by atoms with Gasteiger partial charge in [0.25, 0.3) is 11.9 Å². The van der Waals surface area contributed by atoms with Gasteiger partial charge in [-0.3, -0.25) is 0 Å². The van der Waals surface area contributed by atoms with Gasteiger partial charge in [0.15, 0.2) is 0 Å². The first-order chi connectivity index (χ1) is 9.49. The number of hydroxylamine groups is 4. The van der Waals surface area contributed by atoms with E-state index >= 15 is 0 Å². The summed E-state index contributed by atoms with van der Waals surface area (Å²) in [4.78, 5) is 11.9. The molecule has 0 N–H and O–H groups in total. The smallest absolute Gasteiger partial charge is 0.400 e. The van der Waals surface area contributed by atoms with Crippen LogP contribution < -0.4 is 0 Å². The first kappa shape index (κ1) is 14.2. The number of quaternary nitrogens is 1. The Balaban J connectivity index is 2.37. The van der Waals surface area contributed by atoms with Gasteiger partial charge in [-0.1, -0.05) is 30.3 Å². The molecule has 6 heteroatoms. The largest absolute Gasteiger partial charge is 0.617 e. The van der Waals surface area contributed by atoms with Crippen LogP contribution in [0.5, 0.6) is 0 Å². The van der Waals surface area contributed by atoms with Gasteiger partial charge in [0.2, 0.25) is 0 Å². The van der Waals surface area contributed by atoms with Crippen molar-refractivity contribution in [1.82, 2.24) is 0 Å². The first-order valence-electron chi connectivity index (χ1n) is 6.34. The maximum atomic E-state index is 12.9. The van der Waals surface area contributed by atoms with Crippen molar-refractivity contribution in [3.05, 3.63) is 58.2 Å². The van der Waals surface area contributed by atoms with Crippen molar-refractivity contribution in [2.45, 2.75) is 19.9 Å². The summed E-state index contributed by atoms with van der Waals surface area (Å²) in [6.07, 6.45) is 1.90. The molecule has 1 heterocycles. The average molecular weight is 276 g/mol. The quantitative estimate of drug-likeness (QED) is 0.365. The van der Waals surface area contributed by atoms with E-state index in [2.05, 4.69) is 0 Å². The number of esters is 1. The molecule has 0 spiro atoms. The zero-order chi connectivity index (χ0) is 14.8. The summed E-state index contributed by atoms with van der Waals surface area (Å²) >= 11 is 0. The summed E-state index contributed by atoms with van der Waals surface area (Å²) in [7, 11) is 0. The molecule has 0 unspecified atom stereocenters. The van der Waals surface area contributed by atoms with Crippen LogP contribution in [0.4, 0.5) is 0 Å². The number of carbonyl (C=O) groups excluding carboxylic acids is 1. The number of ether oxygens (including phenoxy) is 1. The number of hydrogen-bond donors (Lipinski definition) is 0. The van der Waals surface area contributed by atoms with Gasteiger partial charge in [0, 0.05) is 5.56 Å². The lowest BCUT2D eigenvalue weighted by Crippen LogP contribution is -2.43. The Kier molecular flexibility index (Phi) is 3.87. The second kappa shape index (κ2) is 5.44. The number of rotatable bonds is 4. The second-order valence-electron chi connectivity index (χ2n) is 4.51. The molecule has 2 atom stereocenters. The molecule has 1 aliphatic rings. The van der Waals surface area contributed by atoms with E-state index in [9.17, 15) is 15.2 Å². The summed E-state index contributed by atoms with van der Waals surface area (Å²) in [6, 6.07) is 8.39. The maximum absolute atomic E-state index is 12.9. The standard InChI is InChI=1S/C14H16N2O4/c1-3-20-14(17)13-9-15(18)10-16(13,19)11(2)12-7-5-4-6-8-12/h4-11H,3H2,1-2H3/t11-,16+/m1/s1. The van der Waals surface area contributed by atoms with Gasteiger partial charge >= 0.3 is 12.3 Å². The summed E-state index contributed by atoms with van der Waals surface area (Å²) < 4.78 is 4.06. The molecule has 2 rings (SSSR count). The van der Waals surface area contributed by atoms with Crippen LogP contribution in [0.15, 0.2) is 42.2 Å². The highest BCUT2D eigenvalue weighted by atomic mass is 16.6. The Hall–Kier alpha value is -2.18. The van der Waals surface area contributed by atoms with Crippen LogP contribution in [-0.4, -0.2) is 28.3 Å². The second-order valence-corrected chi connectivity index (χ2v) is 4.51. The van der Waals surface area contributed by atoms with E-state index in [-0.39, 0.29) is 12.3 Å². The molecule has 0 bridgehead atoms. The van der Waals surface area contributed by atoms with Gasteiger partial charge in [-0.05, 0) is 13.8 Å². The maximum Gasteiger partial charge on any atom is 0.400 e. The first-order valence-corrected chi connectivity index (χ1v) is 6.34. The Morgan fingerprint density at radius 1 is 1.40 bits per heavy atom. The monoisotopic (exact) mass is 276 g/mol. The van der Waals surface area contributed by atoms with Crippen molar-refractivity contribution in [2.75, 3.05) is 6.61 Å². The minimum atomic E-state index is -1.15. The van der Waals surface area contributed by atoms with Crippen LogP contribution in [0.1, 0.15) is 25.5 Å². The van der Waals surface area contributed by atoms with Crippen LogP contribution >= 0.6 is 0 Å². The highest BCUT2D eigenvalue weighted by Crippen LogP contribution is 2.33. The van der Waals surface area contributed by atoms with Gasteiger partial charge in [-0.25, -0.2) is 9.44 Å². The lowest BCUT2D eigenvalue weighted by molar-refractivity contribution is -0.777. The molecule has 0 aliphatic carbocycles. The fourth-order valence-electron chi connectivity index (χ4n) is 2.14. The van der Waals surface area contributed by atoms with E-state index < -0.39 is 16.7 Å². The Bertz CT molecular complexity index is 568. The van der Waals surface area contributed by atoms with Gasteiger partial charge in [-0.15, -0.1) is 4.74 Å². The van der Waals surface area contributed by atoms with Crippen molar-refractivity contribution in [3.8, 4) is 0 Å². The van der Waals surface area contributed by atoms with Gasteiger partial charge < -0.3 is 15.2 Å². The van der Waals surface area contributed by atoms with Crippen LogP contribution in [0, 0.1) is 10.4 Å². The highest BCUT2D eigenvalue weighted by Gasteiger charge is 2.44. The van der Waals surface area contributed by atoms with Gasteiger partial charge in [0.05, 0.1) is 6.61 Å². The predicted octanol–water partition coefficient (Wildman–Crippen LogP) is 2.02. The minimum absolute atomic E-state index is 0.148. The molecule has 0 saturated carbocycles. The molecule has 0 amide bonds. The Labute approximate surface area is 117 Å². The zero-order valence-corrected chi connectivity index (χ0v) is 11.4. The average Bonchev–Trinajstić information content (AvgIpc) is 2.75. The van der Waals surface area contributed by atoms with E-state index in [0.29, 0.717) is 4.74 Å². The molecule has 0 radical (unpaired) electrons. The minimum Gasteiger partial charge on any atom is -0.617 e. The topological polar surface area (TPSA) is 75.4 Å². The molecule has 1 aliphatic heterocycles. The normalized spacial score (nSPS) is 22.9. The number of benzene rings is 1. The summed E-state index contributed by atoms with van der Waals surface area (Å²) in [5, 5.41) is 24.4. The summed E-state index contributed by atoms with van der Waals surface area (Å²) in [5.74, 6) is -0.764. The third kappa shape index (κ3) is 2.43. The lowest BCUT2D eigenvalue weighted by atomic mass is 10.1. The number of hydrogen-bond acceptors (Lipinski definition) is 4. The predicted molar refractivity (Wildman–Crippen MR) is 72.9 cm³/mol. The molecule has 0 fully saturated rings. The van der Waals surface area contributed by atoms with E-state index in [0.717, 1.165) is 18.1 Å². The third-order valence-electron chi connectivity index (χ3n) is 3.25. The SMILES string of the molecule is CCOC(=O)C1=C[N+]([O-])=C[N@+]1([O-])[C@H](C)c1ccccc1. The van der Waals surface area contributed by atoms with Crippen LogP contribution in [0.2, 0.25) is 0 Å². The van der Waals surface area contributed by atoms with Crippen molar-refractivity contribution >= 4 is 12.3 Å². The van der Waals surface area contributed by atoms with Crippen LogP contribution in [0.25, 0.3) is 0 Å². The molecular formula is C14H16N2O4. The number of nitrogens with zero attached hydrogens (tertiary/aromatic N) is 2. The highest BCUT2D eigenvalue weighted by molar-refractivity contribution is 5.88. The Morgan fingerprint density at radius 3 is 2.65 bits per heavy atom. The van der Waals surface area contributed by atoms with Crippen molar-refractivity contribution in [3.63, 3.8) is 0 Å². The van der Waals surface area contributed by atoms with Crippen LogP contribution in [0.3, 0.4) is 0 Å². The van der Waals surface area contributed by atoms with E-state index in [1.54, 1.807) is 38.1 Å². The van der Waals surface area contributed by atoms with Crippen molar-refractivity contribution < 1.29 is 18.9 Å². The zero-order valence-electron chi connectivity index (χ0n) is 11.4. The summed E-state index contributed by atoms with van der Waals surface area (Å²) in [6.45, 7) is 3.46. The molecule has 0 saturated heterocycles. The lowest BCUT2D eigenvalue weighted by Gasteiger charge is -2.37. The van der Waals surface area contributed by atoms with Gasteiger partial charge in [0.1, 0.15) is 6.04 Å². The third-order valence-corrected chi connectivity index (χ3v) is 3.25.